The molecule has 0 saturated heterocycles. The van der Waals surface area contributed by atoms with Crippen LogP contribution >= 0.6 is 0 Å². The van der Waals surface area contributed by atoms with E-state index >= 15 is 0 Å². The zero-order valence-electron chi connectivity index (χ0n) is 11.4. The fourth-order valence-corrected chi connectivity index (χ4v) is 2.04. The van der Waals surface area contributed by atoms with Gasteiger partial charge in [-0.2, -0.15) is 0 Å². The first kappa shape index (κ1) is 12.5. The maximum absolute atomic E-state index is 4.21. The Morgan fingerprint density at radius 1 is 1.22 bits per heavy atom. The molecule has 0 spiro atoms. The van der Waals surface area contributed by atoms with Crippen molar-refractivity contribution in [1.82, 2.24) is 9.97 Å². The Kier molecular flexibility index (Phi) is 3.55. The maximum atomic E-state index is 4.21. The molecule has 4 nitrogen and oxygen atoms in total. The topological polar surface area (TPSA) is 44.0 Å². The minimum Gasteiger partial charge on any atom is -0.378 e. The smallest absolute Gasteiger partial charge is 0.125 e. The molecule has 2 N–H and O–H groups in total. The summed E-state index contributed by atoms with van der Waals surface area (Å²) in [5.41, 5.74) is 4.93. The highest BCUT2D eigenvalue weighted by Crippen LogP contribution is 2.26. The van der Waals surface area contributed by atoms with Crippen LogP contribution in [0.25, 0.3) is 0 Å². The van der Waals surface area contributed by atoms with Crippen LogP contribution in [-0.4, -0.2) is 24.1 Å². The molecule has 0 unspecified atom stereocenters. The zero-order valence-corrected chi connectivity index (χ0v) is 11.4. The lowest BCUT2D eigenvalue weighted by molar-refractivity contribution is 0.993. The molecule has 2 aromatic rings. The van der Waals surface area contributed by atoms with Crippen molar-refractivity contribution < 1.29 is 0 Å². The van der Waals surface area contributed by atoms with Crippen molar-refractivity contribution in [3.8, 4) is 0 Å². The maximum Gasteiger partial charge on any atom is 0.125 e. The van der Waals surface area contributed by atoms with Gasteiger partial charge in [-0.25, -0.2) is 4.98 Å². The Labute approximate surface area is 108 Å². The molecule has 96 valence electrons. The second-order valence-corrected chi connectivity index (χ2v) is 4.74. The van der Waals surface area contributed by atoms with Crippen molar-refractivity contribution >= 4 is 11.4 Å². The number of aromatic amines is 1. The van der Waals surface area contributed by atoms with Gasteiger partial charge < -0.3 is 15.2 Å². The average Bonchev–Trinajstić information content (AvgIpc) is 2.80. The number of hydrogen-bond acceptors (Lipinski definition) is 3. The third kappa shape index (κ3) is 2.64. The third-order valence-corrected chi connectivity index (χ3v) is 3.02. The molecule has 4 heteroatoms. The van der Waals surface area contributed by atoms with Gasteiger partial charge >= 0.3 is 0 Å². The Morgan fingerprint density at radius 3 is 2.39 bits per heavy atom. The van der Waals surface area contributed by atoms with Crippen LogP contribution in [0.5, 0.6) is 0 Å². The highest BCUT2D eigenvalue weighted by Gasteiger charge is 2.06. The lowest BCUT2D eigenvalue weighted by atomic mass is 10.1. The highest BCUT2D eigenvalue weighted by atomic mass is 15.1. The summed E-state index contributed by atoms with van der Waals surface area (Å²) in [6, 6.07) is 4.38. The Morgan fingerprint density at radius 2 is 1.89 bits per heavy atom. The summed E-state index contributed by atoms with van der Waals surface area (Å²) in [5.74, 6) is 0.950. The number of rotatable bonds is 4. The molecular formula is C14H20N4. The quantitative estimate of drug-likeness (QED) is 0.869. The molecular weight excluding hydrogens is 224 g/mol. The molecule has 1 aromatic carbocycles. The minimum atomic E-state index is 0.718. The number of nitrogens with one attached hydrogen (secondary N) is 2. The van der Waals surface area contributed by atoms with E-state index in [0.29, 0.717) is 0 Å². The summed E-state index contributed by atoms with van der Waals surface area (Å²) in [7, 11) is 4.12. The van der Waals surface area contributed by atoms with Crippen LogP contribution in [0.4, 0.5) is 11.4 Å². The predicted molar refractivity (Wildman–Crippen MR) is 76.2 cm³/mol. The number of H-pyrrole nitrogens is 1. The molecule has 2 rings (SSSR count). The molecule has 0 atom stereocenters. The van der Waals surface area contributed by atoms with E-state index in [0.717, 1.165) is 12.4 Å². The van der Waals surface area contributed by atoms with Gasteiger partial charge in [0.15, 0.2) is 0 Å². The van der Waals surface area contributed by atoms with E-state index in [4.69, 9.17) is 0 Å². The number of aromatic nitrogens is 2. The molecule has 0 amide bonds. The van der Waals surface area contributed by atoms with Crippen LogP contribution in [0.3, 0.4) is 0 Å². The number of imidazole rings is 1. The molecule has 0 aliphatic rings. The highest BCUT2D eigenvalue weighted by molar-refractivity contribution is 5.64. The zero-order chi connectivity index (χ0) is 13.1. The monoisotopic (exact) mass is 244 g/mol. The largest absolute Gasteiger partial charge is 0.378 e. The third-order valence-electron chi connectivity index (χ3n) is 3.02. The second-order valence-electron chi connectivity index (χ2n) is 4.74. The first-order chi connectivity index (χ1) is 8.58. The first-order valence-electron chi connectivity index (χ1n) is 6.08. The molecule has 0 aliphatic carbocycles. The fraction of sp³-hybridized carbons (Fsp3) is 0.357. The summed E-state index contributed by atoms with van der Waals surface area (Å²) in [4.78, 5) is 9.43. The number of nitrogens with zero attached hydrogens (tertiary/aromatic N) is 2. The summed E-state index contributed by atoms with van der Waals surface area (Å²) in [6.45, 7) is 4.98. The normalized spacial score (nSPS) is 10.4. The summed E-state index contributed by atoms with van der Waals surface area (Å²) in [6.07, 6.45) is 3.61. The van der Waals surface area contributed by atoms with Crippen molar-refractivity contribution in [3.05, 3.63) is 41.5 Å². The van der Waals surface area contributed by atoms with Crippen molar-refractivity contribution in [1.29, 1.82) is 0 Å². The lowest BCUT2D eigenvalue weighted by Gasteiger charge is -2.18. The SMILES string of the molecule is Cc1cc(N(C)C)cc(C)c1NCc1ncc[nH]1. The summed E-state index contributed by atoms with van der Waals surface area (Å²) < 4.78 is 0. The van der Waals surface area contributed by atoms with Gasteiger partial charge in [0.25, 0.3) is 0 Å². The standard InChI is InChI=1S/C14H20N4/c1-10-7-12(18(3)4)8-11(2)14(10)17-9-13-15-5-6-16-13/h5-8,17H,9H2,1-4H3,(H,15,16). The van der Waals surface area contributed by atoms with Gasteiger partial charge in [-0.3, -0.25) is 0 Å². The van der Waals surface area contributed by atoms with Gasteiger partial charge in [0.05, 0.1) is 6.54 Å². The molecule has 0 aliphatic heterocycles. The van der Waals surface area contributed by atoms with Gasteiger partial charge in [-0.1, -0.05) is 0 Å². The average molecular weight is 244 g/mol. The summed E-state index contributed by atoms with van der Waals surface area (Å²) >= 11 is 0. The van der Waals surface area contributed by atoms with E-state index in [9.17, 15) is 0 Å². The first-order valence-corrected chi connectivity index (χ1v) is 6.08. The molecule has 0 radical (unpaired) electrons. The van der Waals surface area contributed by atoms with Crippen LogP contribution < -0.4 is 10.2 Å². The second kappa shape index (κ2) is 5.12. The molecule has 0 fully saturated rings. The van der Waals surface area contributed by atoms with Gasteiger partial charge in [-0.15, -0.1) is 0 Å². The molecule has 1 aromatic heterocycles. The van der Waals surface area contributed by atoms with Crippen LogP contribution in [0.1, 0.15) is 17.0 Å². The Hall–Kier alpha value is -1.97. The molecule has 0 bridgehead atoms. The lowest BCUT2D eigenvalue weighted by Crippen LogP contribution is -2.10. The van der Waals surface area contributed by atoms with E-state index in [1.807, 2.05) is 6.20 Å². The minimum absolute atomic E-state index is 0.718. The fourth-order valence-electron chi connectivity index (χ4n) is 2.04. The van der Waals surface area contributed by atoms with E-state index < -0.39 is 0 Å². The van der Waals surface area contributed by atoms with Gasteiger partial charge in [0.2, 0.25) is 0 Å². The van der Waals surface area contributed by atoms with Crippen LogP contribution in [0.2, 0.25) is 0 Å². The summed E-state index contributed by atoms with van der Waals surface area (Å²) in [5, 5.41) is 3.44. The van der Waals surface area contributed by atoms with Gasteiger partial charge in [0, 0.05) is 37.9 Å². The van der Waals surface area contributed by atoms with Crippen LogP contribution in [-0.2, 0) is 6.54 Å². The number of anilines is 2. The molecule has 18 heavy (non-hydrogen) atoms. The van der Waals surface area contributed by atoms with Crippen molar-refractivity contribution in [2.45, 2.75) is 20.4 Å². The van der Waals surface area contributed by atoms with Crippen molar-refractivity contribution in [3.63, 3.8) is 0 Å². The van der Waals surface area contributed by atoms with E-state index in [2.05, 4.69) is 60.3 Å². The number of aryl methyl sites for hydroxylation is 2. The molecule has 0 saturated carbocycles. The van der Waals surface area contributed by atoms with Crippen molar-refractivity contribution in [2.24, 2.45) is 0 Å². The van der Waals surface area contributed by atoms with Gasteiger partial charge in [-0.05, 0) is 37.1 Å². The van der Waals surface area contributed by atoms with E-state index in [-0.39, 0.29) is 0 Å². The number of hydrogen-bond donors (Lipinski definition) is 2. The van der Waals surface area contributed by atoms with Crippen molar-refractivity contribution in [2.75, 3.05) is 24.3 Å². The van der Waals surface area contributed by atoms with Crippen LogP contribution in [0.15, 0.2) is 24.5 Å². The van der Waals surface area contributed by atoms with Gasteiger partial charge in [0.1, 0.15) is 5.82 Å². The predicted octanol–water partition coefficient (Wildman–Crippen LogP) is 2.70. The van der Waals surface area contributed by atoms with Crippen LogP contribution in [0, 0.1) is 13.8 Å². The van der Waals surface area contributed by atoms with E-state index in [1.54, 1.807) is 6.20 Å². The molecule has 1 heterocycles. The van der Waals surface area contributed by atoms with E-state index in [1.165, 1.54) is 22.5 Å². The number of benzene rings is 1. The Balaban J connectivity index is 2.18. The Bertz CT molecular complexity index is 492.